The van der Waals surface area contributed by atoms with Gasteiger partial charge in [-0.3, -0.25) is 4.21 Å². The molecule has 0 fully saturated rings. The highest BCUT2D eigenvalue weighted by Crippen LogP contribution is 2.36. The summed E-state index contributed by atoms with van der Waals surface area (Å²) in [4.78, 5) is 1.35. The van der Waals surface area contributed by atoms with E-state index in [9.17, 15) is 4.21 Å². The lowest BCUT2D eigenvalue weighted by Crippen LogP contribution is -2.26. The van der Waals surface area contributed by atoms with Crippen molar-refractivity contribution in [1.82, 2.24) is 0 Å². The van der Waals surface area contributed by atoms with Crippen molar-refractivity contribution >= 4 is 22.6 Å². The summed E-state index contributed by atoms with van der Waals surface area (Å²) in [5, 5.41) is 0.469. The van der Waals surface area contributed by atoms with Crippen molar-refractivity contribution in [2.45, 2.75) is 29.5 Å². The van der Waals surface area contributed by atoms with Crippen LogP contribution in [0.2, 0.25) is 0 Å². The predicted molar refractivity (Wildman–Crippen MR) is 71.3 cm³/mol. The summed E-state index contributed by atoms with van der Waals surface area (Å²) in [7, 11) is -0.774. The van der Waals surface area contributed by atoms with Crippen LogP contribution in [0.5, 0.6) is 0 Å². The van der Waals surface area contributed by atoms with Crippen molar-refractivity contribution in [3.05, 3.63) is 29.8 Å². The molecule has 0 spiro atoms. The van der Waals surface area contributed by atoms with Crippen LogP contribution >= 0.6 is 11.8 Å². The molecule has 3 atom stereocenters. The Bertz CT molecular complexity index is 367. The Morgan fingerprint density at radius 1 is 1.56 bits per heavy atom. The van der Waals surface area contributed by atoms with Crippen molar-refractivity contribution in [2.24, 2.45) is 5.73 Å². The second-order valence-corrected chi connectivity index (χ2v) is 7.19. The highest BCUT2D eigenvalue weighted by Gasteiger charge is 2.23. The van der Waals surface area contributed by atoms with Crippen molar-refractivity contribution in [2.75, 3.05) is 11.5 Å². The minimum atomic E-state index is -0.774. The molecule has 0 aliphatic carbocycles. The number of nitrogens with two attached hydrogens (primary N) is 1. The molecule has 1 aliphatic heterocycles. The number of thioether (sulfide) groups is 1. The van der Waals surface area contributed by atoms with Gasteiger partial charge in [-0.25, -0.2) is 0 Å². The van der Waals surface area contributed by atoms with Crippen LogP contribution in [0.25, 0.3) is 0 Å². The fraction of sp³-hybridized carbons (Fsp3) is 0.500. The number of hydrogen-bond donors (Lipinski definition) is 1. The van der Waals surface area contributed by atoms with Crippen LogP contribution < -0.4 is 5.73 Å². The maximum Gasteiger partial charge on any atom is 0.0384 e. The summed E-state index contributed by atoms with van der Waals surface area (Å²) < 4.78 is 11.8. The van der Waals surface area contributed by atoms with Crippen molar-refractivity contribution in [3.63, 3.8) is 0 Å². The Morgan fingerprint density at radius 3 is 3.00 bits per heavy atom. The lowest BCUT2D eigenvalue weighted by Gasteiger charge is -2.09. The van der Waals surface area contributed by atoms with E-state index in [-0.39, 0.29) is 6.04 Å². The summed E-state index contributed by atoms with van der Waals surface area (Å²) in [6.45, 7) is 1.91. The highest BCUT2D eigenvalue weighted by atomic mass is 32.2. The third-order valence-electron chi connectivity index (χ3n) is 2.53. The molecule has 88 valence electrons. The van der Waals surface area contributed by atoms with Gasteiger partial charge in [-0.1, -0.05) is 18.2 Å². The zero-order valence-electron chi connectivity index (χ0n) is 9.39. The van der Waals surface area contributed by atoms with Crippen molar-refractivity contribution < 1.29 is 4.21 Å². The van der Waals surface area contributed by atoms with E-state index < -0.39 is 10.8 Å². The number of benzene rings is 1. The van der Waals surface area contributed by atoms with Gasteiger partial charge in [-0.15, -0.1) is 11.8 Å². The number of hydrogen-bond acceptors (Lipinski definition) is 3. The van der Waals surface area contributed by atoms with E-state index in [1.54, 1.807) is 0 Å². The van der Waals surface area contributed by atoms with Crippen molar-refractivity contribution in [1.29, 1.82) is 0 Å². The largest absolute Gasteiger partial charge is 0.327 e. The van der Waals surface area contributed by atoms with Gasteiger partial charge >= 0.3 is 0 Å². The maximum absolute atomic E-state index is 11.8. The van der Waals surface area contributed by atoms with Crippen LogP contribution in [-0.4, -0.2) is 27.0 Å². The molecule has 0 bridgehead atoms. The normalized spacial score (nSPS) is 22.8. The number of fused-ring (bicyclic) bond motifs is 1. The molecule has 2 N–H and O–H groups in total. The minimum Gasteiger partial charge on any atom is -0.327 e. The highest BCUT2D eigenvalue weighted by molar-refractivity contribution is 8.01. The van der Waals surface area contributed by atoms with Gasteiger partial charge in [-0.05, 0) is 25.0 Å². The minimum absolute atomic E-state index is 0.0367. The van der Waals surface area contributed by atoms with Gasteiger partial charge in [0.25, 0.3) is 0 Å². The molecule has 0 amide bonds. The molecule has 2 nitrogen and oxygen atoms in total. The molecule has 0 saturated carbocycles. The Kier molecular flexibility index (Phi) is 4.05. The van der Waals surface area contributed by atoms with Gasteiger partial charge in [0.1, 0.15) is 0 Å². The Balaban J connectivity index is 1.90. The third-order valence-corrected chi connectivity index (χ3v) is 5.74. The van der Waals surface area contributed by atoms with Gasteiger partial charge < -0.3 is 5.73 Å². The first kappa shape index (κ1) is 12.1. The zero-order chi connectivity index (χ0) is 11.5. The fourth-order valence-corrected chi connectivity index (χ4v) is 4.98. The maximum atomic E-state index is 11.8. The van der Waals surface area contributed by atoms with E-state index in [1.807, 2.05) is 18.7 Å². The lowest BCUT2D eigenvalue weighted by molar-refractivity contribution is 0.674. The summed E-state index contributed by atoms with van der Waals surface area (Å²) in [6.07, 6.45) is 1.05. The van der Waals surface area contributed by atoms with E-state index in [1.165, 1.54) is 10.5 Å². The average Bonchev–Trinajstić information content (AvgIpc) is 2.57. The van der Waals surface area contributed by atoms with E-state index in [0.717, 1.165) is 12.2 Å². The summed E-state index contributed by atoms with van der Waals surface area (Å²) in [5.74, 6) is 1.38. The van der Waals surface area contributed by atoms with E-state index in [0.29, 0.717) is 11.0 Å². The second kappa shape index (κ2) is 5.34. The Morgan fingerprint density at radius 2 is 2.31 bits per heavy atom. The van der Waals surface area contributed by atoms with Crippen LogP contribution in [0.1, 0.15) is 12.5 Å². The molecule has 1 aromatic carbocycles. The van der Waals surface area contributed by atoms with Gasteiger partial charge in [-0.2, -0.15) is 0 Å². The molecule has 0 radical (unpaired) electrons. The van der Waals surface area contributed by atoms with Crippen LogP contribution in [0, 0.1) is 0 Å². The van der Waals surface area contributed by atoms with E-state index in [4.69, 9.17) is 5.73 Å². The lowest BCUT2D eigenvalue weighted by atomic mass is 10.1. The molecule has 16 heavy (non-hydrogen) atoms. The summed E-state index contributed by atoms with van der Waals surface area (Å²) >= 11 is 1.86. The molecule has 3 unspecified atom stereocenters. The third kappa shape index (κ3) is 3.09. The summed E-state index contributed by atoms with van der Waals surface area (Å²) in [6, 6.07) is 8.48. The van der Waals surface area contributed by atoms with Crippen LogP contribution in [0.4, 0.5) is 0 Å². The SMILES string of the molecule is CC(N)CS(=O)CC1Cc2ccccc2S1. The molecule has 1 aliphatic rings. The van der Waals surface area contributed by atoms with E-state index in [2.05, 4.69) is 24.3 Å². The van der Waals surface area contributed by atoms with Gasteiger partial charge in [0.05, 0.1) is 0 Å². The molecule has 0 saturated heterocycles. The topological polar surface area (TPSA) is 43.1 Å². The summed E-state index contributed by atoms with van der Waals surface area (Å²) in [5.41, 5.74) is 7.05. The molecule has 2 rings (SSSR count). The molecule has 1 aromatic rings. The first-order valence-corrected chi connectivity index (χ1v) is 7.87. The van der Waals surface area contributed by atoms with Gasteiger partial charge in [0.2, 0.25) is 0 Å². The predicted octanol–water partition coefficient (Wildman–Crippen LogP) is 1.80. The molecule has 0 aromatic heterocycles. The van der Waals surface area contributed by atoms with Crippen molar-refractivity contribution in [3.8, 4) is 0 Å². The molecule has 1 heterocycles. The number of rotatable bonds is 4. The molecular formula is C12H17NOS2. The van der Waals surface area contributed by atoms with Gasteiger partial charge in [0.15, 0.2) is 0 Å². The average molecular weight is 255 g/mol. The van der Waals surface area contributed by atoms with Crippen LogP contribution in [-0.2, 0) is 17.2 Å². The standard InChI is InChI=1S/C12H17NOS2/c1-9(13)7-16(14)8-11-6-10-4-2-3-5-12(10)15-11/h2-5,9,11H,6-8,13H2,1H3. The Labute approximate surface area is 103 Å². The first-order chi connectivity index (χ1) is 7.65. The van der Waals surface area contributed by atoms with Gasteiger partial charge in [0, 0.05) is 38.5 Å². The zero-order valence-corrected chi connectivity index (χ0v) is 11.0. The first-order valence-electron chi connectivity index (χ1n) is 5.50. The smallest absolute Gasteiger partial charge is 0.0384 e. The Hall–Kier alpha value is -0.320. The second-order valence-electron chi connectivity index (χ2n) is 4.30. The van der Waals surface area contributed by atoms with Crippen LogP contribution in [0.3, 0.4) is 0 Å². The quantitative estimate of drug-likeness (QED) is 0.892. The monoisotopic (exact) mass is 255 g/mol. The fourth-order valence-electron chi connectivity index (χ4n) is 1.92. The van der Waals surface area contributed by atoms with E-state index >= 15 is 0 Å². The molecule has 4 heteroatoms. The van der Waals surface area contributed by atoms with Crippen LogP contribution in [0.15, 0.2) is 29.2 Å². The molecular weight excluding hydrogens is 238 g/mol.